The number of aliphatic carboxylic acids is 1. The van der Waals surface area contributed by atoms with Crippen LogP contribution in [0.1, 0.15) is 71.6 Å². The van der Waals surface area contributed by atoms with Crippen molar-refractivity contribution in [2.24, 2.45) is 0 Å². The molecule has 1 heterocycles. The average molecular weight is 362 g/mol. The van der Waals surface area contributed by atoms with Crippen LogP contribution < -0.4 is 0 Å². The van der Waals surface area contributed by atoms with Crippen LogP contribution >= 0.6 is 0 Å². The number of carboxylic acid groups (broad SMARTS) is 1. The van der Waals surface area contributed by atoms with Gasteiger partial charge in [0.1, 0.15) is 18.3 Å². The average Bonchev–Trinajstić information content (AvgIpc) is 2.56. The molecule has 4 N–H and O–H groups in total. The predicted molar refractivity (Wildman–Crippen MR) is 92.1 cm³/mol. The van der Waals surface area contributed by atoms with Crippen molar-refractivity contribution in [1.29, 1.82) is 0 Å². The molecule has 1 rings (SSSR count). The van der Waals surface area contributed by atoms with Crippen molar-refractivity contribution in [2.45, 2.75) is 108 Å². The van der Waals surface area contributed by atoms with Gasteiger partial charge in [-0.3, -0.25) is 4.79 Å². The molecule has 148 valence electrons. The second-order valence-corrected chi connectivity index (χ2v) is 6.95. The van der Waals surface area contributed by atoms with E-state index in [0.717, 1.165) is 19.3 Å². The van der Waals surface area contributed by atoms with Crippen molar-refractivity contribution in [1.82, 2.24) is 0 Å². The second-order valence-electron chi connectivity index (χ2n) is 6.95. The number of hydrogen-bond acceptors (Lipinski definition) is 6. The lowest BCUT2D eigenvalue weighted by Gasteiger charge is -2.40. The Morgan fingerprint density at radius 3 is 2.20 bits per heavy atom. The van der Waals surface area contributed by atoms with Gasteiger partial charge in [0.25, 0.3) is 0 Å². The van der Waals surface area contributed by atoms with Crippen molar-refractivity contribution in [3.05, 3.63) is 0 Å². The molecule has 6 atom stereocenters. The van der Waals surface area contributed by atoms with E-state index < -0.39 is 42.8 Å². The molecular formula is C18H34O7. The summed E-state index contributed by atoms with van der Waals surface area (Å²) in [6.45, 7) is 3.74. The first kappa shape index (κ1) is 22.3. The molecule has 7 nitrogen and oxygen atoms in total. The van der Waals surface area contributed by atoms with E-state index in [1.54, 1.807) is 6.92 Å². The van der Waals surface area contributed by atoms with Gasteiger partial charge in [0, 0.05) is 0 Å². The summed E-state index contributed by atoms with van der Waals surface area (Å²) >= 11 is 0. The van der Waals surface area contributed by atoms with Crippen molar-refractivity contribution in [3.8, 4) is 0 Å². The maximum absolute atomic E-state index is 11.0. The first-order chi connectivity index (χ1) is 11.9. The summed E-state index contributed by atoms with van der Waals surface area (Å²) < 4.78 is 11.0. The van der Waals surface area contributed by atoms with E-state index in [-0.39, 0.29) is 6.42 Å². The van der Waals surface area contributed by atoms with Gasteiger partial charge in [-0.2, -0.15) is 0 Å². The van der Waals surface area contributed by atoms with Crippen molar-refractivity contribution in [2.75, 3.05) is 0 Å². The molecule has 0 aromatic carbocycles. The molecule has 1 saturated heterocycles. The van der Waals surface area contributed by atoms with Crippen molar-refractivity contribution in [3.63, 3.8) is 0 Å². The number of aliphatic hydroxyl groups is 3. The molecule has 0 spiro atoms. The maximum atomic E-state index is 11.0. The quantitative estimate of drug-likeness (QED) is 0.391. The third kappa shape index (κ3) is 8.00. The van der Waals surface area contributed by atoms with E-state index >= 15 is 0 Å². The maximum Gasteiger partial charge on any atom is 0.305 e. The fourth-order valence-electron chi connectivity index (χ4n) is 3.06. The Morgan fingerprint density at radius 1 is 1.00 bits per heavy atom. The third-order valence-electron chi connectivity index (χ3n) is 4.67. The fraction of sp³-hybridized carbons (Fsp3) is 0.944. The van der Waals surface area contributed by atoms with Crippen LogP contribution in [0, 0.1) is 0 Å². The zero-order valence-corrected chi connectivity index (χ0v) is 15.3. The molecule has 2 unspecified atom stereocenters. The summed E-state index contributed by atoms with van der Waals surface area (Å²) in [4.78, 5) is 11.0. The molecule has 0 amide bonds. The zero-order valence-electron chi connectivity index (χ0n) is 15.3. The highest BCUT2D eigenvalue weighted by molar-refractivity contribution is 5.67. The van der Waals surface area contributed by atoms with Gasteiger partial charge in [-0.1, -0.05) is 51.9 Å². The lowest BCUT2D eigenvalue weighted by Crippen LogP contribution is -2.58. The van der Waals surface area contributed by atoms with E-state index in [4.69, 9.17) is 14.6 Å². The van der Waals surface area contributed by atoms with E-state index in [1.165, 1.54) is 25.7 Å². The number of rotatable bonds is 12. The van der Waals surface area contributed by atoms with Gasteiger partial charge in [0.15, 0.2) is 6.29 Å². The van der Waals surface area contributed by atoms with Gasteiger partial charge in [0.05, 0.1) is 18.6 Å². The van der Waals surface area contributed by atoms with Gasteiger partial charge < -0.3 is 29.9 Å². The third-order valence-corrected chi connectivity index (χ3v) is 4.67. The van der Waals surface area contributed by atoms with Gasteiger partial charge in [-0.05, 0) is 13.3 Å². The number of ether oxygens (including phenoxy) is 2. The van der Waals surface area contributed by atoms with Crippen LogP contribution in [0.2, 0.25) is 0 Å². The molecule has 25 heavy (non-hydrogen) atoms. The molecule has 0 aromatic heterocycles. The monoisotopic (exact) mass is 362 g/mol. The van der Waals surface area contributed by atoms with Gasteiger partial charge >= 0.3 is 5.97 Å². The van der Waals surface area contributed by atoms with Crippen molar-refractivity contribution >= 4 is 5.97 Å². The van der Waals surface area contributed by atoms with Crippen LogP contribution in [0.3, 0.4) is 0 Å². The lowest BCUT2D eigenvalue weighted by atomic mass is 9.99. The fourth-order valence-corrected chi connectivity index (χ4v) is 3.06. The van der Waals surface area contributed by atoms with E-state index in [1.807, 2.05) is 0 Å². The van der Waals surface area contributed by atoms with Gasteiger partial charge in [-0.25, -0.2) is 0 Å². The minimum Gasteiger partial charge on any atom is -0.481 e. The van der Waals surface area contributed by atoms with Crippen LogP contribution in [0.25, 0.3) is 0 Å². The van der Waals surface area contributed by atoms with Crippen LogP contribution in [0.4, 0.5) is 0 Å². The summed E-state index contributed by atoms with van der Waals surface area (Å²) in [5, 5.41) is 38.6. The molecule has 0 aromatic rings. The normalized spacial score (nSPS) is 31.0. The van der Waals surface area contributed by atoms with Gasteiger partial charge in [0.2, 0.25) is 0 Å². The van der Waals surface area contributed by atoms with Crippen LogP contribution in [0.5, 0.6) is 0 Å². The minimum atomic E-state index is -1.41. The molecule has 0 radical (unpaired) electrons. The molecule has 1 aliphatic heterocycles. The molecule has 0 bridgehead atoms. The van der Waals surface area contributed by atoms with Crippen LogP contribution in [-0.2, 0) is 14.3 Å². The van der Waals surface area contributed by atoms with Crippen LogP contribution in [0.15, 0.2) is 0 Å². The minimum absolute atomic E-state index is 0.185. The van der Waals surface area contributed by atoms with Gasteiger partial charge in [-0.15, -0.1) is 0 Å². The molecule has 0 aliphatic carbocycles. The first-order valence-corrected chi connectivity index (χ1v) is 9.43. The Kier molecular flexibility index (Phi) is 10.5. The van der Waals surface area contributed by atoms with E-state index in [9.17, 15) is 20.1 Å². The second kappa shape index (κ2) is 11.8. The number of carboxylic acids is 1. The lowest BCUT2D eigenvalue weighted by molar-refractivity contribution is -0.304. The smallest absolute Gasteiger partial charge is 0.305 e. The number of carbonyl (C=O) groups is 1. The standard InChI is InChI=1S/C18H34O7/c1-3-4-5-6-7-8-9-10-13(11-14(19)20)25-18-17(23)16(22)15(21)12(2)24-18/h12-13,15-18,21-23H,3-11H2,1-2H3,(H,19,20)/t12-,13?,15-,16+,17+,18?/m0/s1. The largest absolute Gasteiger partial charge is 0.481 e. The Hall–Kier alpha value is -0.730. The topological polar surface area (TPSA) is 116 Å². The summed E-state index contributed by atoms with van der Waals surface area (Å²) in [5.41, 5.74) is 0. The summed E-state index contributed by atoms with van der Waals surface area (Å²) in [6, 6.07) is 0. The Balaban J connectivity index is 2.43. The number of hydrogen-bond donors (Lipinski definition) is 4. The summed E-state index contributed by atoms with van der Waals surface area (Å²) in [5.74, 6) is -0.980. The number of aliphatic hydroxyl groups excluding tert-OH is 3. The Labute approximate surface area is 150 Å². The summed E-state index contributed by atoms with van der Waals surface area (Å²) in [6.07, 6.45) is 1.78. The van der Waals surface area contributed by atoms with E-state index in [0.29, 0.717) is 6.42 Å². The molecule has 1 aliphatic rings. The predicted octanol–water partition coefficient (Wildman–Crippen LogP) is 1.81. The molecular weight excluding hydrogens is 328 g/mol. The highest BCUT2D eigenvalue weighted by atomic mass is 16.7. The summed E-state index contributed by atoms with van der Waals surface area (Å²) in [7, 11) is 0. The van der Waals surface area contributed by atoms with E-state index in [2.05, 4.69) is 6.92 Å². The molecule has 1 fully saturated rings. The van der Waals surface area contributed by atoms with Crippen LogP contribution in [-0.4, -0.2) is 63.2 Å². The zero-order chi connectivity index (χ0) is 18.8. The first-order valence-electron chi connectivity index (χ1n) is 9.43. The number of unbranched alkanes of at least 4 members (excludes halogenated alkanes) is 6. The highest BCUT2D eigenvalue weighted by Crippen LogP contribution is 2.25. The Bertz CT molecular complexity index is 376. The Morgan fingerprint density at radius 2 is 1.60 bits per heavy atom. The SMILES string of the molecule is CCCCCCCCCC(CC(=O)O)OC1O[C@@H](C)[C@H](O)[C@@H](O)[C@H]1O. The molecule has 7 heteroatoms. The highest BCUT2D eigenvalue weighted by Gasteiger charge is 2.43. The van der Waals surface area contributed by atoms with Crippen molar-refractivity contribution < 1.29 is 34.7 Å². The molecule has 0 saturated carbocycles.